The number of sulfonamides is 2. The molecule has 4 aromatic carbocycles. The van der Waals surface area contributed by atoms with Crippen LogP contribution in [0.2, 0.25) is 0 Å². The molecule has 2 saturated heterocycles. The van der Waals surface area contributed by atoms with Gasteiger partial charge in [-0.25, -0.2) is 60.7 Å². The minimum absolute atomic E-state index is 0. The van der Waals surface area contributed by atoms with Gasteiger partial charge in [0.1, 0.15) is 32.8 Å². The standard InChI is InChI=1S/C23H24F5NO4S2.C21H20F5NO4S2.C4H8.3H2S/c1-2-17-11-14-13-22(10-9-21(14)29-35(17,32)33,19-12-16(24)5-8-20(19)25)34(30,31)18-6-3-15(4-7-18)23(26,27)28;22-15-3-6-18(23)17(11-15)20(9-7-19-13(12-20)8-10-32(28,29)27-19)33(30,31)16-4-1-14(2-5-16)21(24,25)26;1-3-4-2;;;/h3-8,12,14,17,21,29H,2,9-11,13H2,1H3;1-6,11,13,19,27H,7-10,12H2;3H,1,4H2,2H3;3*1H2/t14-,17+,21+,22-;13-,19+,20-;;;;/m11..../s1. The summed E-state index contributed by atoms with van der Waals surface area (Å²) in [6.45, 7) is 7.23. The normalized spacial score (nSPS) is 26.0. The van der Waals surface area contributed by atoms with Crippen LogP contribution < -0.4 is 9.44 Å². The smallest absolute Gasteiger partial charge is 0.223 e. The zero-order valence-electron chi connectivity index (χ0n) is 40.2. The van der Waals surface area contributed by atoms with Gasteiger partial charge in [-0.1, -0.05) is 19.9 Å². The van der Waals surface area contributed by atoms with Crippen LogP contribution in [0.15, 0.2) is 107 Å². The third kappa shape index (κ3) is 13.8. The Morgan fingerprint density at radius 1 is 0.613 bits per heavy atom. The van der Waals surface area contributed by atoms with E-state index in [0.717, 1.165) is 67.1 Å². The maximum atomic E-state index is 15.1. The Morgan fingerprint density at radius 3 is 1.37 bits per heavy atom. The molecule has 0 amide bonds. The molecule has 2 aliphatic carbocycles. The van der Waals surface area contributed by atoms with Crippen molar-refractivity contribution in [1.82, 2.24) is 9.44 Å². The van der Waals surface area contributed by atoms with Gasteiger partial charge in [0.25, 0.3) is 0 Å². The van der Waals surface area contributed by atoms with E-state index >= 15 is 4.39 Å². The van der Waals surface area contributed by atoms with Crippen molar-refractivity contribution in [2.75, 3.05) is 5.75 Å². The molecule has 2 heterocycles. The van der Waals surface area contributed by atoms with E-state index in [1.165, 1.54) is 0 Å². The van der Waals surface area contributed by atoms with Crippen molar-refractivity contribution in [2.24, 2.45) is 11.8 Å². The van der Waals surface area contributed by atoms with E-state index in [1.807, 2.05) is 6.08 Å². The molecule has 0 aromatic heterocycles. The number of hydrogen-bond donors (Lipinski definition) is 2. The molecule has 420 valence electrons. The molecule has 2 aliphatic heterocycles. The molecule has 0 radical (unpaired) electrons. The lowest BCUT2D eigenvalue weighted by molar-refractivity contribution is -0.138. The molecule has 0 spiro atoms. The zero-order valence-corrected chi connectivity index (χ0v) is 46.5. The van der Waals surface area contributed by atoms with E-state index in [2.05, 4.69) is 22.9 Å². The predicted octanol–water partition coefficient (Wildman–Crippen LogP) is 11.0. The van der Waals surface area contributed by atoms with Crippen molar-refractivity contribution in [3.05, 3.63) is 143 Å². The van der Waals surface area contributed by atoms with Crippen molar-refractivity contribution in [3.8, 4) is 0 Å². The third-order valence-corrected chi connectivity index (χ3v) is 22.5. The van der Waals surface area contributed by atoms with Crippen LogP contribution in [0.25, 0.3) is 0 Å². The molecule has 10 nitrogen and oxygen atoms in total. The van der Waals surface area contributed by atoms with Crippen molar-refractivity contribution in [1.29, 1.82) is 0 Å². The van der Waals surface area contributed by atoms with Gasteiger partial charge in [-0.05, 0) is 161 Å². The Balaban J connectivity index is 0.000000356. The van der Waals surface area contributed by atoms with E-state index in [0.29, 0.717) is 24.3 Å². The van der Waals surface area contributed by atoms with E-state index in [9.17, 15) is 73.2 Å². The van der Waals surface area contributed by atoms with Gasteiger partial charge in [-0.3, -0.25) is 0 Å². The number of benzene rings is 4. The van der Waals surface area contributed by atoms with E-state index in [4.69, 9.17) is 0 Å². The van der Waals surface area contributed by atoms with Gasteiger partial charge in [-0.2, -0.15) is 66.8 Å². The number of hydrogen-bond acceptors (Lipinski definition) is 8. The van der Waals surface area contributed by atoms with Crippen molar-refractivity contribution in [2.45, 2.75) is 127 Å². The average molecular weight is 1210 g/mol. The highest BCUT2D eigenvalue weighted by atomic mass is 32.2. The summed E-state index contributed by atoms with van der Waals surface area (Å²) >= 11 is 0. The molecule has 2 N–H and O–H groups in total. The van der Waals surface area contributed by atoms with Crippen LogP contribution in [-0.4, -0.2) is 56.8 Å². The molecule has 4 aliphatic rings. The maximum Gasteiger partial charge on any atom is 0.416 e. The number of sulfone groups is 2. The van der Waals surface area contributed by atoms with Gasteiger partial charge in [0, 0.05) is 23.2 Å². The average Bonchev–Trinajstić information content (AvgIpc) is 3.31. The van der Waals surface area contributed by atoms with Gasteiger partial charge in [0.05, 0.1) is 31.9 Å². The highest BCUT2D eigenvalue weighted by Gasteiger charge is 2.57. The van der Waals surface area contributed by atoms with Gasteiger partial charge in [-0.15, -0.1) is 6.58 Å². The second-order valence-corrected chi connectivity index (χ2v) is 26.7. The van der Waals surface area contributed by atoms with Crippen LogP contribution in [0.3, 0.4) is 0 Å². The summed E-state index contributed by atoms with van der Waals surface area (Å²) in [6.07, 6.45) is -6.66. The van der Waals surface area contributed by atoms with Crippen LogP contribution in [0.4, 0.5) is 43.9 Å². The fourth-order valence-electron chi connectivity index (χ4n) is 10.3. The van der Waals surface area contributed by atoms with Gasteiger partial charge in [0.2, 0.25) is 20.0 Å². The number of rotatable bonds is 8. The lowest BCUT2D eigenvalue weighted by Crippen LogP contribution is -2.57. The maximum absolute atomic E-state index is 15.1. The Labute approximate surface area is 452 Å². The highest BCUT2D eigenvalue weighted by molar-refractivity contribution is 7.93. The molecule has 0 unspecified atom stereocenters. The number of alkyl halides is 6. The van der Waals surface area contributed by atoms with Gasteiger partial charge >= 0.3 is 12.4 Å². The van der Waals surface area contributed by atoms with Crippen LogP contribution in [0, 0.1) is 35.1 Å². The lowest BCUT2D eigenvalue weighted by atomic mass is 9.72. The summed E-state index contributed by atoms with van der Waals surface area (Å²) < 4.78 is 242. The van der Waals surface area contributed by atoms with E-state index in [1.54, 1.807) is 6.92 Å². The number of fused-ring (bicyclic) bond motifs is 2. The summed E-state index contributed by atoms with van der Waals surface area (Å²) in [7, 11) is -16.2. The fraction of sp³-hybridized carbons (Fsp3) is 0.458. The predicted molar refractivity (Wildman–Crippen MR) is 280 cm³/mol. The topological polar surface area (TPSA) is 161 Å². The molecule has 2 saturated carbocycles. The molecule has 7 atom stereocenters. The van der Waals surface area contributed by atoms with Crippen LogP contribution in [0.5, 0.6) is 0 Å². The largest absolute Gasteiger partial charge is 0.416 e. The Hall–Kier alpha value is -3.31. The van der Waals surface area contributed by atoms with Gasteiger partial charge < -0.3 is 0 Å². The third-order valence-electron chi connectivity index (χ3n) is 14.0. The molecule has 27 heteroatoms. The molecule has 4 aromatic rings. The summed E-state index contributed by atoms with van der Waals surface area (Å²) in [5.74, 6) is -4.85. The highest BCUT2D eigenvalue weighted by Crippen LogP contribution is 2.53. The van der Waals surface area contributed by atoms with Crippen molar-refractivity contribution in [3.63, 3.8) is 0 Å². The fourth-order valence-corrected chi connectivity index (χ4v) is 18.0. The van der Waals surface area contributed by atoms with Gasteiger partial charge in [0.15, 0.2) is 19.7 Å². The van der Waals surface area contributed by atoms with Crippen molar-refractivity contribution < 1.29 is 77.6 Å². The summed E-state index contributed by atoms with van der Waals surface area (Å²) in [5.41, 5.74) is -2.90. The zero-order chi connectivity index (χ0) is 53.5. The summed E-state index contributed by atoms with van der Waals surface area (Å²) in [4.78, 5) is -0.898. The minimum atomic E-state index is -4.68. The Morgan fingerprint density at radius 2 is 1.00 bits per heavy atom. The first-order chi connectivity index (χ1) is 33.4. The first-order valence-corrected chi connectivity index (χ1v) is 28.9. The molecule has 0 bridgehead atoms. The summed E-state index contributed by atoms with van der Waals surface area (Å²) in [5, 5.41) is -0.773. The Bertz CT molecular complexity index is 3100. The summed E-state index contributed by atoms with van der Waals surface area (Å²) in [6, 6.07) is 9.59. The molecule has 4 fully saturated rings. The van der Waals surface area contributed by atoms with Crippen molar-refractivity contribution >= 4 is 80.2 Å². The lowest BCUT2D eigenvalue weighted by Gasteiger charge is -2.47. The first-order valence-electron chi connectivity index (χ1n) is 22.7. The SMILES string of the molecule is C=CCC.CC[C@H]1C[C@@H]2C[C@](c3cc(F)ccc3F)(S(=O)(=O)c3ccc(C(F)(F)F)cc3)CC[C@@H]2NS1(=O)=O.O=S1(=O)CC[C@@H]2C[C@](c3cc(F)ccc3F)(S(=O)(=O)c3ccc(C(F)(F)F)cc3)CC[C@@H]2N1.S.S.S. The molecular weight excluding hydrogens is 1150 g/mol. The monoisotopic (exact) mass is 1200 g/mol. The van der Waals surface area contributed by atoms with E-state index in [-0.39, 0.29) is 104 Å². The molecular formula is C48H58F10N2O8S7. The van der Waals surface area contributed by atoms with Crippen LogP contribution in [-0.2, 0) is 61.6 Å². The molecule has 75 heavy (non-hydrogen) atoms. The van der Waals surface area contributed by atoms with Crippen LogP contribution in [0.1, 0.15) is 100 Å². The number of allylic oxidation sites excluding steroid dienone is 1. The number of halogens is 10. The first kappa shape index (κ1) is 66.0. The van der Waals surface area contributed by atoms with Crippen LogP contribution >= 0.6 is 40.5 Å². The second-order valence-electron chi connectivity index (χ2n) is 18.4. The minimum Gasteiger partial charge on any atom is -0.223 e. The Kier molecular flexibility index (Phi) is 21.8. The van der Waals surface area contributed by atoms with E-state index < -0.39 is 146 Å². The second kappa shape index (κ2) is 24.8. The number of nitrogens with one attached hydrogen (secondary N) is 2. The molecule has 8 rings (SSSR count). The quantitative estimate of drug-likeness (QED) is 0.130.